The molecular formula is C17H19BrFNO. The highest BCUT2D eigenvalue weighted by molar-refractivity contribution is 9.10. The average Bonchev–Trinajstić information content (AvgIpc) is 2.51. The number of hydrogen-bond acceptors (Lipinski definition) is 2. The molecule has 1 atom stereocenters. The molecule has 2 nitrogen and oxygen atoms in total. The molecule has 0 saturated heterocycles. The third-order valence-corrected chi connectivity index (χ3v) is 4.45. The lowest BCUT2D eigenvalue weighted by atomic mass is 9.98. The molecule has 0 aromatic heterocycles. The topological polar surface area (TPSA) is 21.3 Å². The molecule has 2 aromatic carbocycles. The highest BCUT2D eigenvalue weighted by atomic mass is 79.9. The maximum atomic E-state index is 13.6. The van der Waals surface area contributed by atoms with Crippen LogP contribution in [0.5, 0.6) is 5.75 Å². The van der Waals surface area contributed by atoms with Crippen LogP contribution in [0.15, 0.2) is 46.9 Å². The van der Waals surface area contributed by atoms with Crippen LogP contribution in [0.1, 0.15) is 11.1 Å². The Hall–Kier alpha value is -1.39. The lowest BCUT2D eigenvalue weighted by Gasteiger charge is -2.19. The molecule has 0 amide bonds. The second-order valence-electron chi connectivity index (χ2n) is 4.92. The summed E-state index contributed by atoms with van der Waals surface area (Å²) in [4.78, 5) is 0. The lowest BCUT2D eigenvalue weighted by Crippen LogP contribution is -2.30. The molecule has 0 bridgehead atoms. The van der Waals surface area contributed by atoms with Crippen LogP contribution in [-0.2, 0) is 12.8 Å². The number of hydrogen-bond donors (Lipinski definition) is 1. The van der Waals surface area contributed by atoms with Crippen LogP contribution < -0.4 is 10.1 Å². The van der Waals surface area contributed by atoms with E-state index >= 15 is 0 Å². The van der Waals surface area contributed by atoms with Crippen LogP contribution in [0.3, 0.4) is 0 Å². The summed E-state index contributed by atoms with van der Waals surface area (Å²) in [5.74, 6) is 0.663. The van der Waals surface area contributed by atoms with Gasteiger partial charge < -0.3 is 10.1 Å². The quantitative estimate of drug-likeness (QED) is 0.850. The third-order valence-electron chi connectivity index (χ3n) is 3.56. The summed E-state index contributed by atoms with van der Waals surface area (Å²) in [5.41, 5.74) is 2.11. The van der Waals surface area contributed by atoms with E-state index in [4.69, 9.17) is 4.74 Å². The van der Waals surface area contributed by atoms with Crippen molar-refractivity contribution < 1.29 is 9.13 Å². The monoisotopic (exact) mass is 351 g/mol. The van der Waals surface area contributed by atoms with Crippen LogP contribution in [0.4, 0.5) is 4.39 Å². The molecule has 0 aliphatic heterocycles. The number of benzene rings is 2. The first kappa shape index (κ1) is 16.0. The standard InChI is InChI=1S/C17H19BrFNO/c1-20-14(10-12-6-3-4-9-16(12)21-2)11-13-7-5-8-15(19)17(13)18/h3-9,14,20H,10-11H2,1-2H3. The van der Waals surface area contributed by atoms with E-state index in [-0.39, 0.29) is 11.9 Å². The molecule has 0 saturated carbocycles. The summed E-state index contributed by atoms with van der Waals surface area (Å²) in [6.07, 6.45) is 1.57. The van der Waals surface area contributed by atoms with Crippen molar-refractivity contribution >= 4 is 15.9 Å². The van der Waals surface area contributed by atoms with E-state index in [0.717, 1.165) is 29.7 Å². The van der Waals surface area contributed by atoms with E-state index in [2.05, 4.69) is 27.3 Å². The molecule has 4 heteroatoms. The van der Waals surface area contributed by atoms with Crippen molar-refractivity contribution in [2.75, 3.05) is 14.2 Å². The van der Waals surface area contributed by atoms with Crippen LogP contribution in [0, 0.1) is 5.82 Å². The average molecular weight is 352 g/mol. The lowest BCUT2D eigenvalue weighted by molar-refractivity contribution is 0.405. The number of ether oxygens (including phenoxy) is 1. The summed E-state index contributed by atoms with van der Waals surface area (Å²) in [7, 11) is 3.60. The second-order valence-corrected chi connectivity index (χ2v) is 5.71. The normalized spacial score (nSPS) is 12.2. The maximum Gasteiger partial charge on any atom is 0.137 e. The summed E-state index contributed by atoms with van der Waals surface area (Å²) in [6, 6.07) is 13.3. The number of halogens is 2. The van der Waals surface area contributed by atoms with E-state index in [1.165, 1.54) is 6.07 Å². The van der Waals surface area contributed by atoms with Crippen LogP contribution >= 0.6 is 15.9 Å². The number of nitrogens with one attached hydrogen (secondary N) is 1. The Morgan fingerprint density at radius 3 is 2.48 bits per heavy atom. The van der Waals surface area contributed by atoms with Crippen molar-refractivity contribution in [2.24, 2.45) is 0 Å². The Bertz CT molecular complexity index is 603. The molecule has 0 heterocycles. The van der Waals surface area contributed by atoms with Crippen molar-refractivity contribution in [3.05, 3.63) is 63.9 Å². The predicted octanol–water partition coefficient (Wildman–Crippen LogP) is 3.97. The van der Waals surface area contributed by atoms with E-state index in [1.807, 2.05) is 31.3 Å². The molecule has 112 valence electrons. The van der Waals surface area contributed by atoms with Crippen LogP contribution in [0.2, 0.25) is 0 Å². The second kappa shape index (κ2) is 7.57. The van der Waals surface area contributed by atoms with Gasteiger partial charge >= 0.3 is 0 Å². The molecule has 1 unspecified atom stereocenters. The first-order valence-corrected chi connectivity index (χ1v) is 7.67. The van der Waals surface area contributed by atoms with Gasteiger partial charge in [-0.15, -0.1) is 0 Å². The third kappa shape index (κ3) is 4.05. The molecule has 0 radical (unpaired) electrons. The van der Waals surface area contributed by atoms with Crippen molar-refractivity contribution in [2.45, 2.75) is 18.9 Å². The fraction of sp³-hybridized carbons (Fsp3) is 0.294. The van der Waals surface area contributed by atoms with Crippen molar-refractivity contribution in [3.63, 3.8) is 0 Å². The molecule has 0 aliphatic rings. The maximum absolute atomic E-state index is 13.6. The predicted molar refractivity (Wildman–Crippen MR) is 87.3 cm³/mol. The molecule has 21 heavy (non-hydrogen) atoms. The molecule has 0 spiro atoms. The Morgan fingerprint density at radius 1 is 1.10 bits per heavy atom. The van der Waals surface area contributed by atoms with Crippen molar-refractivity contribution in [1.82, 2.24) is 5.32 Å². The largest absolute Gasteiger partial charge is 0.496 e. The summed E-state index contributed by atoms with van der Waals surface area (Å²) < 4.78 is 19.5. The van der Waals surface area contributed by atoms with Crippen molar-refractivity contribution in [3.8, 4) is 5.75 Å². The minimum absolute atomic E-state index is 0.208. The summed E-state index contributed by atoms with van der Waals surface area (Å²) in [6.45, 7) is 0. The van der Waals surface area contributed by atoms with Gasteiger partial charge in [-0.2, -0.15) is 0 Å². The van der Waals surface area contributed by atoms with E-state index in [9.17, 15) is 4.39 Å². The van der Waals surface area contributed by atoms with Gasteiger partial charge in [0.2, 0.25) is 0 Å². The Kier molecular flexibility index (Phi) is 5.76. The minimum atomic E-state index is -0.223. The van der Waals surface area contributed by atoms with Gasteiger partial charge in [-0.05, 0) is 59.1 Å². The van der Waals surface area contributed by atoms with Gasteiger partial charge in [0.05, 0.1) is 11.6 Å². The van der Waals surface area contributed by atoms with Gasteiger partial charge in [-0.25, -0.2) is 4.39 Å². The van der Waals surface area contributed by atoms with Crippen molar-refractivity contribution in [1.29, 1.82) is 0 Å². The zero-order valence-corrected chi connectivity index (χ0v) is 13.8. The van der Waals surface area contributed by atoms with Crippen LogP contribution in [0.25, 0.3) is 0 Å². The number of likely N-dealkylation sites (N-methyl/N-ethyl adjacent to an activating group) is 1. The van der Waals surface area contributed by atoms with Gasteiger partial charge in [-0.1, -0.05) is 30.3 Å². The Balaban J connectivity index is 2.15. The minimum Gasteiger partial charge on any atom is -0.496 e. The molecule has 2 aromatic rings. The van der Waals surface area contributed by atoms with Crippen LogP contribution in [-0.4, -0.2) is 20.2 Å². The van der Waals surface area contributed by atoms with Gasteiger partial charge in [0.25, 0.3) is 0 Å². The summed E-state index contributed by atoms with van der Waals surface area (Å²) in [5, 5.41) is 3.30. The fourth-order valence-corrected chi connectivity index (χ4v) is 2.81. The molecule has 1 N–H and O–H groups in total. The fourth-order valence-electron chi connectivity index (χ4n) is 2.38. The molecule has 0 aliphatic carbocycles. The number of rotatable bonds is 6. The van der Waals surface area contributed by atoms with Gasteiger partial charge in [0.15, 0.2) is 0 Å². The number of para-hydroxylation sites is 1. The van der Waals surface area contributed by atoms with Gasteiger partial charge in [0, 0.05) is 6.04 Å². The first-order chi connectivity index (χ1) is 10.2. The molecular weight excluding hydrogens is 333 g/mol. The van der Waals surface area contributed by atoms with Gasteiger partial charge in [0.1, 0.15) is 11.6 Å². The van der Waals surface area contributed by atoms with E-state index in [0.29, 0.717) is 4.47 Å². The zero-order chi connectivity index (χ0) is 15.2. The Labute approximate surface area is 133 Å². The smallest absolute Gasteiger partial charge is 0.137 e. The van der Waals surface area contributed by atoms with E-state index < -0.39 is 0 Å². The zero-order valence-electron chi connectivity index (χ0n) is 12.2. The first-order valence-electron chi connectivity index (χ1n) is 6.87. The highest BCUT2D eigenvalue weighted by Crippen LogP contribution is 2.24. The van der Waals surface area contributed by atoms with E-state index in [1.54, 1.807) is 13.2 Å². The highest BCUT2D eigenvalue weighted by Gasteiger charge is 2.14. The molecule has 0 fully saturated rings. The van der Waals surface area contributed by atoms with Gasteiger partial charge in [-0.3, -0.25) is 0 Å². The SMILES string of the molecule is CNC(Cc1ccccc1OC)Cc1cccc(F)c1Br. The molecule has 2 rings (SSSR count). The summed E-state index contributed by atoms with van der Waals surface area (Å²) >= 11 is 3.32. The Morgan fingerprint density at radius 2 is 1.76 bits per heavy atom. The number of methoxy groups -OCH3 is 1.